The summed E-state index contributed by atoms with van der Waals surface area (Å²) in [6.07, 6.45) is 2.76. The number of aromatic nitrogens is 2. The number of rotatable bonds is 4. The molecule has 1 unspecified atom stereocenters. The molecule has 0 radical (unpaired) electrons. The molecule has 7 nitrogen and oxygen atoms in total. The Hall–Kier alpha value is -2.22. The lowest BCUT2D eigenvalue weighted by Crippen LogP contribution is -2.32. The molecule has 1 aliphatic heterocycles. The first-order valence-electron chi connectivity index (χ1n) is 6.57. The molecule has 0 aromatic carbocycles. The Labute approximate surface area is 124 Å². The number of carboxylic acids is 1. The van der Waals surface area contributed by atoms with Gasteiger partial charge in [0, 0.05) is 19.0 Å². The number of hydrogen-bond acceptors (Lipinski definition) is 6. The maximum Gasteiger partial charge on any atom is 0.346 e. The minimum Gasteiger partial charge on any atom is -0.477 e. The van der Waals surface area contributed by atoms with Crippen LogP contribution in [0.1, 0.15) is 28.1 Å². The van der Waals surface area contributed by atoms with Crippen molar-refractivity contribution in [3.63, 3.8) is 0 Å². The third-order valence-corrected chi connectivity index (χ3v) is 4.71. The predicted octanol–water partition coefficient (Wildman–Crippen LogP) is 1.39. The second-order valence-corrected chi connectivity index (χ2v) is 5.95. The lowest BCUT2D eigenvalue weighted by Gasteiger charge is -2.12. The average molecular weight is 306 g/mol. The van der Waals surface area contributed by atoms with Gasteiger partial charge in [-0.15, -0.1) is 11.3 Å². The van der Waals surface area contributed by atoms with E-state index in [1.54, 1.807) is 6.92 Å². The highest BCUT2D eigenvalue weighted by molar-refractivity contribution is 7.20. The van der Waals surface area contributed by atoms with Crippen molar-refractivity contribution in [1.29, 1.82) is 0 Å². The summed E-state index contributed by atoms with van der Waals surface area (Å²) in [7, 11) is 0. The largest absolute Gasteiger partial charge is 0.477 e. The topological polar surface area (TPSA) is 104 Å². The molecule has 1 aliphatic rings. The molecule has 3 rings (SSSR count). The number of carbonyl (C=O) groups excluding carboxylic acids is 1. The van der Waals surface area contributed by atoms with E-state index in [4.69, 9.17) is 0 Å². The van der Waals surface area contributed by atoms with Gasteiger partial charge in [-0.05, 0) is 18.9 Å². The molecular weight excluding hydrogens is 292 g/mol. The zero-order chi connectivity index (χ0) is 15.0. The fourth-order valence-electron chi connectivity index (χ4n) is 2.46. The summed E-state index contributed by atoms with van der Waals surface area (Å²) in [6, 6.07) is 0.0837. The quantitative estimate of drug-likeness (QED) is 0.788. The Bertz CT molecular complexity index is 728. The van der Waals surface area contributed by atoms with E-state index >= 15 is 0 Å². The lowest BCUT2D eigenvalue weighted by molar-refractivity contribution is -0.119. The van der Waals surface area contributed by atoms with Crippen LogP contribution in [0, 0.1) is 6.92 Å². The van der Waals surface area contributed by atoms with Gasteiger partial charge in [0.05, 0.1) is 5.39 Å². The molecule has 3 heterocycles. The number of carboxylic acid groups (broad SMARTS) is 1. The third kappa shape index (κ3) is 2.54. The van der Waals surface area contributed by atoms with E-state index < -0.39 is 5.97 Å². The van der Waals surface area contributed by atoms with Crippen molar-refractivity contribution in [3.05, 3.63) is 16.8 Å². The number of aromatic carboxylic acids is 1. The van der Waals surface area contributed by atoms with E-state index in [2.05, 4.69) is 20.6 Å². The summed E-state index contributed by atoms with van der Waals surface area (Å²) in [5.41, 5.74) is 0.668. The number of carbonyl (C=O) groups is 2. The lowest BCUT2D eigenvalue weighted by atomic mass is 10.2. The van der Waals surface area contributed by atoms with Crippen molar-refractivity contribution < 1.29 is 14.7 Å². The molecular formula is C13H14N4O3S. The molecule has 3 N–H and O–H groups in total. The van der Waals surface area contributed by atoms with Crippen LogP contribution in [-0.4, -0.2) is 39.5 Å². The summed E-state index contributed by atoms with van der Waals surface area (Å²) in [5, 5.41) is 16.0. The van der Waals surface area contributed by atoms with Gasteiger partial charge >= 0.3 is 5.97 Å². The Morgan fingerprint density at radius 2 is 2.38 bits per heavy atom. The summed E-state index contributed by atoms with van der Waals surface area (Å²) in [4.78, 5) is 31.6. The molecule has 2 aromatic heterocycles. The van der Waals surface area contributed by atoms with E-state index in [9.17, 15) is 14.7 Å². The van der Waals surface area contributed by atoms with Crippen LogP contribution in [0.3, 0.4) is 0 Å². The standard InChI is InChI=1S/C13H14N4O3S/c1-6-9-11(14-4-7-2-3-8(18)17-7)15-5-16-12(9)21-10(6)13(19)20/h5,7H,2-4H2,1H3,(H,17,18)(H,19,20)(H,14,15,16). The smallest absolute Gasteiger partial charge is 0.346 e. The molecule has 2 aromatic rings. The molecule has 110 valence electrons. The van der Waals surface area contributed by atoms with E-state index in [-0.39, 0.29) is 16.8 Å². The van der Waals surface area contributed by atoms with Crippen molar-refractivity contribution in [2.24, 2.45) is 0 Å². The van der Waals surface area contributed by atoms with Crippen LogP contribution in [0.25, 0.3) is 10.2 Å². The normalized spacial score (nSPS) is 18.0. The summed E-state index contributed by atoms with van der Waals surface area (Å²) in [5.74, 6) is -0.276. The number of anilines is 1. The van der Waals surface area contributed by atoms with Gasteiger partial charge in [-0.2, -0.15) is 0 Å². The summed E-state index contributed by atoms with van der Waals surface area (Å²) < 4.78 is 0. The van der Waals surface area contributed by atoms with Crippen LogP contribution in [0.5, 0.6) is 0 Å². The monoisotopic (exact) mass is 306 g/mol. The number of thiophene rings is 1. The van der Waals surface area contributed by atoms with Crippen molar-refractivity contribution in [2.75, 3.05) is 11.9 Å². The molecule has 0 aliphatic carbocycles. The van der Waals surface area contributed by atoms with Gasteiger partial charge in [-0.25, -0.2) is 14.8 Å². The predicted molar refractivity (Wildman–Crippen MR) is 78.8 cm³/mol. The molecule has 0 bridgehead atoms. The Balaban J connectivity index is 1.88. The van der Waals surface area contributed by atoms with Gasteiger partial charge in [-0.3, -0.25) is 4.79 Å². The van der Waals surface area contributed by atoms with Gasteiger partial charge in [0.1, 0.15) is 21.9 Å². The first kappa shape index (κ1) is 13.7. The minimum atomic E-state index is -0.954. The van der Waals surface area contributed by atoms with Gasteiger partial charge in [-0.1, -0.05) is 0 Å². The fraction of sp³-hybridized carbons (Fsp3) is 0.385. The first-order valence-corrected chi connectivity index (χ1v) is 7.38. The van der Waals surface area contributed by atoms with Gasteiger partial charge in [0.15, 0.2) is 0 Å². The van der Waals surface area contributed by atoms with Gasteiger partial charge in [0.2, 0.25) is 5.91 Å². The second kappa shape index (κ2) is 5.28. The van der Waals surface area contributed by atoms with E-state index in [0.29, 0.717) is 29.2 Å². The summed E-state index contributed by atoms with van der Waals surface area (Å²) in [6.45, 7) is 2.32. The molecule has 1 atom stereocenters. The van der Waals surface area contributed by atoms with Crippen LogP contribution in [0.2, 0.25) is 0 Å². The van der Waals surface area contributed by atoms with Crippen molar-refractivity contribution >= 4 is 39.2 Å². The number of nitrogens with one attached hydrogen (secondary N) is 2. The minimum absolute atomic E-state index is 0.0644. The molecule has 0 saturated carbocycles. The highest BCUT2D eigenvalue weighted by Crippen LogP contribution is 2.33. The maximum absolute atomic E-state index is 11.2. The number of amides is 1. The van der Waals surface area contributed by atoms with Crippen LogP contribution in [0.4, 0.5) is 5.82 Å². The highest BCUT2D eigenvalue weighted by atomic mass is 32.1. The van der Waals surface area contributed by atoms with Crippen molar-refractivity contribution in [3.8, 4) is 0 Å². The first-order chi connectivity index (χ1) is 10.1. The summed E-state index contributed by atoms with van der Waals surface area (Å²) >= 11 is 1.14. The maximum atomic E-state index is 11.2. The third-order valence-electron chi connectivity index (χ3n) is 3.52. The van der Waals surface area contributed by atoms with Gasteiger partial charge in [0.25, 0.3) is 0 Å². The molecule has 1 fully saturated rings. The average Bonchev–Trinajstić information content (AvgIpc) is 3.01. The van der Waals surface area contributed by atoms with Crippen molar-refractivity contribution in [2.45, 2.75) is 25.8 Å². The van der Waals surface area contributed by atoms with E-state index in [0.717, 1.165) is 23.1 Å². The van der Waals surface area contributed by atoms with E-state index in [1.165, 1.54) is 6.33 Å². The molecule has 1 saturated heterocycles. The zero-order valence-electron chi connectivity index (χ0n) is 11.3. The van der Waals surface area contributed by atoms with Crippen LogP contribution in [-0.2, 0) is 4.79 Å². The second-order valence-electron chi connectivity index (χ2n) is 4.95. The molecule has 0 spiro atoms. The number of aryl methyl sites for hydroxylation is 1. The Morgan fingerprint density at radius 1 is 1.57 bits per heavy atom. The Kier molecular flexibility index (Phi) is 3.46. The molecule has 21 heavy (non-hydrogen) atoms. The highest BCUT2D eigenvalue weighted by Gasteiger charge is 2.22. The zero-order valence-corrected chi connectivity index (χ0v) is 12.2. The number of nitrogens with zero attached hydrogens (tertiary/aromatic N) is 2. The SMILES string of the molecule is Cc1c(C(=O)O)sc2ncnc(NCC3CCC(=O)N3)c12. The van der Waals surface area contributed by atoms with Crippen LogP contribution in [0.15, 0.2) is 6.33 Å². The van der Waals surface area contributed by atoms with Gasteiger partial charge < -0.3 is 15.7 Å². The van der Waals surface area contributed by atoms with Crippen molar-refractivity contribution in [1.82, 2.24) is 15.3 Å². The fourth-order valence-corrected chi connectivity index (χ4v) is 3.45. The van der Waals surface area contributed by atoms with E-state index in [1.807, 2.05) is 0 Å². The number of hydrogen-bond donors (Lipinski definition) is 3. The number of fused-ring (bicyclic) bond motifs is 1. The molecule has 8 heteroatoms. The van der Waals surface area contributed by atoms with Crippen LogP contribution >= 0.6 is 11.3 Å². The Morgan fingerprint density at radius 3 is 3.05 bits per heavy atom. The molecule has 1 amide bonds. The van der Waals surface area contributed by atoms with Crippen LogP contribution < -0.4 is 10.6 Å².